The van der Waals surface area contributed by atoms with Gasteiger partial charge in [-0.3, -0.25) is 0 Å². The van der Waals surface area contributed by atoms with Crippen LogP contribution in [0.5, 0.6) is 11.5 Å². The zero-order valence-electron chi connectivity index (χ0n) is 17.7. The summed E-state index contributed by atoms with van der Waals surface area (Å²) in [6, 6.07) is 18.9. The van der Waals surface area contributed by atoms with Crippen LogP contribution < -0.4 is 20.1 Å². The van der Waals surface area contributed by atoms with Crippen molar-refractivity contribution in [2.45, 2.75) is 27.7 Å². The lowest BCUT2D eigenvalue weighted by molar-refractivity contribution is 0.364. The second-order valence-corrected chi connectivity index (χ2v) is 10.5. The van der Waals surface area contributed by atoms with Crippen LogP contribution in [0.15, 0.2) is 60.7 Å². The van der Waals surface area contributed by atoms with Crippen LogP contribution in [0, 0.1) is 27.7 Å². The van der Waals surface area contributed by atoms with E-state index in [1.165, 1.54) is 0 Å². The Morgan fingerprint density at radius 1 is 0.600 bits per heavy atom. The van der Waals surface area contributed by atoms with Crippen molar-refractivity contribution in [3.8, 4) is 11.5 Å². The molecular formula is C24H26O4P2+2. The molecule has 0 aliphatic heterocycles. The molecule has 2 atom stereocenters. The van der Waals surface area contributed by atoms with Crippen molar-refractivity contribution in [2.24, 2.45) is 0 Å². The molecule has 0 saturated heterocycles. The summed E-state index contributed by atoms with van der Waals surface area (Å²) < 4.78 is 36.6. The number of rotatable bonds is 8. The smallest absolute Gasteiger partial charge is 0.417 e. The van der Waals surface area contributed by atoms with Crippen molar-refractivity contribution in [1.82, 2.24) is 0 Å². The van der Waals surface area contributed by atoms with Gasteiger partial charge in [-0.15, -0.1) is 0 Å². The fraction of sp³-hybridized carbons (Fsp3) is 0.250. The minimum Gasteiger partial charge on any atom is -0.448 e. The molecule has 0 aromatic heterocycles. The van der Waals surface area contributed by atoms with Gasteiger partial charge in [-0.25, -0.2) is 0 Å². The van der Waals surface area contributed by atoms with Crippen LogP contribution in [0.3, 0.4) is 0 Å². The van der Waals surface area contributed by atoms with Gasteiger partial charge in [0, 0.05) is 6.07 Å². The molecule has 0 radical (unpaired) electrons. The molecule has 0 fully saturated rings. The van der Waals surface area contributed by atoms with Gasteiger partial charge in [-0.05, 0) is 86.3 Å². The summed E-state index contributed by atoms with van der Waals surface area (Å²) in [5.41, 5.74) is 4.34. The number of aryl methyl sites for hydroxylation is 4. The zero-order chi connectivity index (χ0) is 21.7. The maximum atomic E-state index is 12.6. The largest absolute Gasteiger partial charge is 0.448 e. The maximum Gasteiger partial charge on any atom is 0.417 e. The highest BCUT2D eigenvalue weighted by molar-refractivity contribution is 7.53. The third kappa shape index (κ3) is 6.23. The van der Waals surface area contributed by atoms with E-state index < -0.39 is 15.6 Å². The standard InChI is InChI=1S/C24H26O4P2/c1-17-8-18(2)11-23(10-17)29(25)15-27-21-6-5-7-22(14-21)28-16-30(26)24-12-19(3)9-20(4)13-24/h5-14H,15-16H2,1-4H3/q+2. The van der Waals surface area contributed by atoms with Crippen LogP contribution >= 0.6 is 15.6 Å². The fourth-order valence-corrected chi connectivity index (χ4v) is 5.48. The third-order valence-electron chi connectivity index (χ3n) is 4.49. The molecule has 3 aromatic carbocycles. The first-order valence-corrected chi connectivity index (χ1v) is 12.6. The Labute approximate surface area is 179 Å². The van der Waals surface area contributed by atoms with Gasteiger partial charge in [-0.2, -0.15) is 0 Å². The first-order chi connectivity index (χ1) is 14.3. The van der Waals surface area contributed by atoms with E-state index in [1.807, 2.05) is 52.0 Å². The van der Waals surface area contributed by atoms with Crippen LogP contribution in [0.1, 0.15) is 22.3 Å². The second-order valence-electron chi connectivity index (χ2n) is 7.47. The summed E-state index contributed by atoms with van der Waals surface area (Å²) in [4.78, 5) is 0. The predicted molar refractivity (Wildman–Crippen MR) is 124 cm³/mol. The average molecular weight is 440 g/mol. The summed E-state index contributed by atoms with van der Waals surface area (Å²) in [5.74, 6) is 1.14. The van der Waals surface area contributed by atoms with E-state index in [4.69, 9.17) is 9.47 Å². The summed E-state index contributed by atoms with van der Waals surface area (Å²) >= 11 is 0. The quantitative estimate of drug-likeness (QED) is 0.410. The first-order valence-electron chi connectivity index (χ1n) is 9.72. The topological polar surface area (TPSA) is 52.6 Å². The summed E-state index contributed by atoms with van der Waals surface area (Å²) in [7, 11) is -3.31. The molecule has 2 unspecified atom stereocenters. The van der Waals surface area contributed by atoms with Crippen molar-refractivity contribution < 1.29 is 18.6 Å². The lowest BCUT2D eigenvalue weighted by atomic mass is 10.2. The van der Waals surface area contributed by atoms with Gasteiger partial charge in [0.2, 0.25) is 0 Å². The molecule has 0 amide bonds. The highest BCUT2D eigenvalue weighted by atomic mass is 31.1. The number of benzene rings is 3. The lowest BCUT2D eigenvalue weighted by Gasteiger charge is -2.04. The molecule has 0 heterocycles. The molecular weight excluding hydrogens is 414 g/mol. The van der Waals surface area contributed by atoms with E-state index in [0.29, 0.717) is 11.5 Å². The summed E-state index contributed by atoms with van der Waals surface area (Å²) in [5, 5.41) is 1.58. The Balaban J connectivity index is 1.59. The molecule has 4 nitrogen and oxygen atoms in total. The normalized spacial score (nSPS) is 11.7. The van der Waals surface area contributed by atoms with Crippen molar-refractivity contribution in [3.63, 3.8) is 0 Å². The average Bonchev–Trinajstić information content (AvgIpc) is 2.69. The SMILES string of the molecule is Cc1cc(C)cc([P+](=O)COc2cccc(OC[P+](=O)c3cc(C)cc(C)c3)c2)c1. The van der Waals surface area contributed by atoms with Gasteiger partial charge < -0.3 is 9.47 Å². The monoisotopic (exact) mass is 440 g/mol. The molecule has 0 bridgehead atoms. The minimum absolute atomic E-state index is 0.0957. The van der Waals surface area contributed by atoms with Gasteiger partial charge in [0.1, 0.15) is 11.5 Å². The number of ether oxygens (including phenoxy) is 2. The Morgan fingerprint density at radius 3 is 1.33 bits per heavy atom. The van der Waals surface area contributed by atoms with E-state index in [2.05, 4.69) is 12.1 Å². The Bertz CT molecular complexity index is 969. The predicted octanol–water partition coefficient (Wildman–Crippen LogP) is 5.90. The number of hydrogen-bond donors (Lipinski definition) is 0. The van der Waals surface area contributed by atoms with E-state index in [-0.39, 0.29) is 12.7 Å². The molecule has 30 heavy (non-hydrogen) atoms. The Morgan fingerprint density at radius 2 is 0.967 bits per heavy atom. The molecule has 0 N–H and O–H groups in total. The van der Waals surface area contributed by atoms with Crippen molar-refractivity contribution in [2.75, 3.05) is 12.7 Å². The van der Waals surface area contributed by atoms with Gasteiger partial charge in [0.05, 0.1) is 0 Å². The second kappa shape index (κ2) is 9.98. The van der Waals surface area contributed by atoms with Crippen LogP contribution in [-0.4, -0.2) is 12.7 Å². The van der Waals surface area contributed by atoms with Gasteiger partial charge in [0.25, 0.3) is 12.7 Å². The van der Waals surface area contributed by atoms with Crippen LogP contribution in [0.4, 0.5) is 0 Å². The van der Waals surface area contributed by atoms with E-state index >= 15 is 0 Å². The van der Waals surface area contributed by atoms with Crippen LogP contribution in [-0.2, 0) is 9.13 Å². The molecule has 0 aliphatic carbocycles. The molecule has 3 aromatic rings. The molecule has 0 saturated carbocycles. The lowest BCUT2D eigenvalue weighted by Crippen LogP contribution is -2.05. The summed E-state index contributed by atoms with van der Waals surface area (Å²) in [6.07, 6.45) is 0.191. The molecule has 3 rings (SSSR count). The fourth-order valence-electron chi connectivity index (χ4n) is 3.26. The van der Waals surface area contributed by atoms with Gasteiger partial charge in [-0.1, -0.05) is 27.3 Å². The van der Waals surface area contributed by atoms with Gasteiger partial charge in [0.15, 0.2) is 10.6 Å². The molecule has 0 spiro atoms. The molecule has 6 heteroatoms. The van der Waals surface area contributed by atoms with Gasteiger partial charge >= 0.3 is 15.6 Å². The summed E-state index contributed by atoms with van der Waals surface area (Å²) in [6.45, 7) is 7.96. The highest BCUT2D eigenvalue weighted by Crippen LogP contribution is 2.28. The van der Waals surface area contributed by atoms with Crippen molar-refractivity contribution >= 4 is 26.2 Å². The van der Waals surface area contributed by atoms with Crippen LogP contribution in [0.25, 0.3) is 0 Å². The van der Waals surface area contributed by atoms with Crippen LogP contribution in [0.2, 0.25) is 0 Å². The molecule has 0 aliphatic rings. The Hall–Kier alpha value is -2.54. The Kier molecular flexibility index (Phi) is 7.37. The highest BCUT2D eigenvalue weighted by Gasteiger charge is 2.23. The molecule has 154 valence electrons. The van der Waals surface area contributed by atoms with Crippen molar-refractivity contribution in [3.05, 3.63) is 82.9 Å². The zero-order valence-corrected chi connectivity index (χ0v) is 19.5. The van der Waals surface area contributed by atoms with E-state index in [0.717, 1.165) is 32.9 Å². The third-order valence-corrected chi connectivity index (χ3v) is 6.89. The minimum atomic E-state index is -1.66. The van der Waals surface area contributed by atoms with Crippen molar-refractivity contribution in [1.29, 1.82) is 0 Å². The number of hydrogen-bond acceptors (Lipinski definition) is 4. The maximum absolute atomic E-state index is 12.6. The van der Waals surface area contributed by atoms with E-state index in [9.17, 15) is 9.13 Å². The first kappa shape index (κ1) is 22.2. The van der Waals surface area contributed by atoms with E-state index in [1.54, 1.807) is 24.3 Å².